The number of carboxylic acid groups (broad SMARTS) is 1. The van der Waals surface area contributed by atoms with Crippen LogP contribution in [0.25, 0.3) is 0 Å². The van der Waals surface area contributed by atoms with E-state index in [0.717, 1.165) is 30.0 Å². The molecule has 1 aliphatic rings. The van der Waals surface area contributed by atoms with Gasteiger partial charge in [-0.05, 0) is 49.0 Å². The smallest absolute Gasteiger partial charge is 0.306 e. The van der Waals surface area contributed by atoms with Crippen LogP contribution in [-0.2, 0) is 11.4 Å². The number of benzene rings is 2. The second-order valence-electron chi connectivity index (χ2n) is 7.38. The second kappa shape index (κ2) is 9.25. The van der Waals surface area contributed by atoms with Gasteiger partial charge in [-0.1, -0.05) is 54.6 Å². The Labute approximate surface area is 175 Å². The van der Waals surface area contributed by atoms with Crippen LogP contribution in [0.2, 0.25) is 0 Å². The van der Waals surface area contributed by atoms with Gasteiger partial charge in [0.05, 0.1) is 12.0 Å². The molecule has 2 heterocycles. The summed E-state index contributed by atoms with van der Waals surface area (Å²) in [5, 5.41) is 11.4. The van der Waals surface area contributed by atoms with Gasteiger partial charge in [0.25, 0.3) is 0 Å². The molecule has 0 saturated carbocycles. The van der Waals surface area contributed by atoms with Crippen LogP contribution in [0.4, 0.5) is 0 Å². The third-order valence-corrected chi connectivity index (χ3v) is 6.43. The Morgan fingerprint density at radius 3 is 2.45 bits per heavy atom. The minimum absolute atomic E-state index is 0.0803. The van der Waals surface area contributed by atoms with Gasteiger partial charge in [0.2, 0.25) is 0 Å². The fourth-order valence-corrected chi connectivity index (χ4v) is 4.83. The summed E-state index contributed by atoms with van der Waals surface area (Å²) in [5.74, 6) is -0.0289. The van der Waals surface area contributed by atoms with E-state index in [1.165, 1.54) is 4.88 Å². The van der Waals surface area contributed by atoms with E-state index in [0.29, 0.717) is 19.4 Å². The SMILES string of the molecule is O=C(O)C1CCN(C(c2cccs2)c2ccccc2OCc2ccccc2)CC1. The summed E-state index contributed by atoms with van der Waals surface area (Å²) in [4.78, 5) is 15.0. The molecule has 29 heavy (non-hydrogen) atoms. The number of nitrogens with zero attached hydrogens (tertiary/aromatic N) is 1. The van der Waals surface area contributed by atoms with Crippen molar-refractivity contribution in [3.8, 4) is 5.75 Å². The number of hydrogen-bond donors (Lipinski definition) is 1. The van der Waals surface area contributed by atoms with Gasteiger partial charge >= 0.3 is 5.97 Å². The third-order valence-electron chi connectivity index (χ3n) is 5.51. The summed E-state index contributed by atoms with van der Waals surface area (Å²) in [7, 11) is 0. The molecule has 1 saturated heterocycles. The van der Waals surface area contributed by atoms with Crippen LogP contribution in [0.5, 0.6) is 5.75 Å². The zero-order chi connectivity index (χ0) is 20.1. The first-order chi connectivity index (χ1) is 14.2. The lowest BCUT2D eigenvalue weighted by Crippen LogP contribution is -2.39. The lowest BCUT2D eigenvalue weighted by molar-refractivity contribution is -0.143. The van der Waals surface area contributed by atoms with Crippen molar-refractivity contribution in [2.24, 2.45) is 5.92 Å². The average Bonchev–Trinajstić information content (AvgIpc) is 3.29. The number of carboxylic acids is 1. The Morgan fingerprint density at radius 1 is 1.03 bits per heavy atom. The highest BCUT2D eigenvalue weighted by atomic mass is 32.1. The van der Waals surface area contributed by atoms with Crippen molar-refractivity contribution < 1.29 is 14.6 Å². The maximum Gasteiger partial charge on any atom is 0.306 e. The summed E-state index contributed by atoms with van der Waals surface area (Å²) in [6, 6.07) is 22.7. The molecular weight excluding hydrogens is 382 g/mol. The fourth-order valence-electron chi connectivity index (χ4n) is 3.95. The normalized spacial score (nSPS) is 16.4. The summed E-state index contributed by atoms with van der Waals surface area (Å²) in [6.45, 7) is 2.06. The summed E-state index contributed by atoms with van der Waals surface area (Å²) in [5.41, 5.74) is 2.27. The molecule has 0 spiro atoms. The number of thiophene rings is 1. The number of ether oxygens (including phenoxy) is 1. The standard InChI is InChI=1S/C24H25NO3S/c26-24(27)19-12-14-25(15-13-19)23(22-11-6-16-29-22)20-9-4-5-10-21(20)28-17-18-7-2-1-3-8-18/h1-11,16,19,23H,12-15,17H2,(H,26,27). The average molecular weight is 408 g/mol. The molecule has 4 nitrogen and oxygen atoms in total. The summed E-state index contributed by atoms with van der Waals surface area (Å²) >= 11 is 1.74. The minimum Gasteiger partial charge on any atom is -0.489 e. The molecule has 150 valence electrons. The Bertz CT molecular complexity index is 918. The molecule has 3 aromatic rings. The maximum atomic E-state index is 11.4. The molecule has 2 aromatic carbocycles. The van der Waals surface area contributed by atoms with E-state index in [4.69, 9.17) is 4.74 Å². The predicted molar refractivity (Wildman–Crippen MR) is 115 cm³/mol. The van der Waals surface area contributed by atoms with Crippen molar-refractivity contribution >= 4 is 17.3 Å². The number of piperidine rings is 1. The molecule has 0 aliphatic carbocycles. The molecule has 0 radical (unpaired) electrons. The molecule has 4 rings (SSSR count). The molecule has 1 aliphatic heterocycles. The van der Waals surface area contributed by atoms with Gasteiger partial charge in [0.15, 0.2) is 0 Å². The highest BCUT2D eigenvalue weighted by Crippen LogP contribution is 2.39. The van der Waals surface area contributed by atoms with Gasteiger partial charge in [-0.2, -0.15) is 0 Å². The quantitative estimate of drug-likeness (QED) is 0.584. The monoisotopic (exact) mass is 407 g/mol. The number of para-hydroxylation sites is 1. The molecular formula is C24H25NO3S. The van der Waals surface area contributed by atoms with Crippen molar-refractivity contribution in [3.05, 3.63) is 88.1 Å². The summed E-state index contributed by atoms with van der Waals surface area (Å²) in [6.07, 6.45) is 1.37. The predicted octanol–water partition coefficient (Wildman–Crippen LogP) is 5.21. The Hall–Kier alpha value is -2.63. The van der Waals surface area contributed by atoms with Crippen LogP contribution < -0.4 is 4.74 Å². The topological polar surface area (TPSA) is 49.8 Å². The minimum atomic E-state index is -0.677. The number of aliphatic carboxylic acids is 1. The van der Waals surface area contributed by atoms with Gasteiger partial charge in [-0.3, -0.25) is 9.69 Å². The van der Waals surface area contributed by atoms with Crippen molar-refractivity contribution in [3.63, 3.8) is 0 Å². The molecule has 0 bridgehead atoms. The van der Waals surface area contributed by atoms with E-state index in [9.17, 15) is 9.90 Å². The Morgan fingerprint density at radius 2 is 1.76 bits per heavy atom. The van der Waals surface area contributed by atoms with Crippen LogP contribution in [0.3, 0.4) is 0 Å². The van der Waals surface area contributed by atoms with E-state index in [1.807, 2.05) is 30.3 Å². The van der Waals surface area contributed by atoms with Gasteiger partial charge < -0.3 is 9.84 Å². The first-order valence-electron chi connectivity index (χ1n) is 9.98. The van der Waals surface area contributed by atoms with Gasteiger partial charge in [0, 0.05) is 10.4 Å². The molecule has 1 N–H and O–H groups in total. The van der Waals surface area contributed by atoms with Crippen LogP contribution in [-0.4, -0.2) is 29.1 Å². The van der Waals surface area contributed by atoms with E-state index in [1.54, 1.807) is 11.3 Å². The lowest BCUT2D eigenvalue weighted by Gasteiger charge is -2.37. The number of carbonyl (C=O) groups is 1. The zero-order valence-electron chi connectivity index (χ0n) is 16.2. The zero-order valence-corrected chi connectivity index (χ0v) is 17.1. The van der Waals surface area contributed by atoms with Gasteiger partial charge in [0.1, 0.15) is 12.4 Å². The van der Waals surface area contributed by atoms with Crippen molar-refractivity contribution in [2.45, 2.75) is 25.5 Å². The fraction of sp³-hybridized carbons (Fsp3) is 0.292. The third kappa shape index (κ3) is 4.69. The summed E-state index contributed by atoms with van der Waals surface area (Å²) < 4.78 is 6.24. The van der Waals surface area contributed by atoms with Gasteiger partial charge in [-0.15, -0.1) is 11.3 Å². The van der Waals surface area contributed by atoms with Crippen LogP contribution in [0, 0.1) is 5.92 Å². The first-order valence-corrected chi connectivity index (χ1v) is 10.9. The molecule has 5 heteroatoms. The number of rotatable bonds is 7. The highest BCUT2D eigenvalue weighted by molar-refractivity contribution is 7.10. The number of hydrogen-bond acceptors (Lipinski definition) is 4. The highest BCUT2D eigenvalue weighted by Gasteiger charge is 2.32. The van der Waals surface area contributed by atoms with Crippen LogP contribution >= 0.6 is 11.3 Å². The van der Waals surface area contributed by atoms with Gasteiger partial charge in [-0.25, -0.2) is 0 Å². The lowest BCUT2D eigenvalue weighted by atomic mass is 9.93. The van der Waals surface area contributed by atoms with Crippen molar-refractivity contribution in [1.29, 1.82) is 0 Å². The van der Waals surface area contributed by atoms with E-state index in [-0.39, 0.29) is 12.0 Å². The maximum absolute atomic E-state index is 11.4. The van der Waals surface area contributed by atoms with Crippen LogP contribution in [0.1, 0.15) is 34.9 Å². The van der Waals surface area contributed by atoms with Crippen LogP contribution in [0.15, 0.2) is 72.1 Å². The second-order valence-corrected chi connectivity index (χ2v) is 8.36. The number of likely N-dealkylation sites (tertiary alicyclic amines) is 1. The largest absolute Gasteiger partial charge is 0.489 e. The molecule has 1 aromatic heterocycles. The Kier molecular flexibility index (Phi) is 6.27. The van der Waals surface area contributed by atoms with E-state index in [2.05, 4.69) is 46.7 Å². The molecule has 1 atom stereocenters. The Balaban J connectivity index is 1.59. The van der Waals surface area contributed by atoms with E-state index >= 15 is 0 Å². The van der Waals surface area contributed by atoms with Crippen molar-refractivity contribution in [2.75, 3.05) is 13.1 Å². The van der Waals surface area contributed by atoms with E-state index < -0.39 is 5.97 Å². The molecule has 1 unspecified atom stereocenters. The van der Waals surface area contributed by atoms with Crippen molar-refractivity contribution in [1.82, 2.24) is 4.90 Å². The molecule has 0 amide bonds. The first kappa shape index (κ1) is 19.7. The molecule has 1 fully saturated rings.